The number of halogens is 1. The van der Waals surface area contributed by atoms with E-state index < -0.39 is 0 Å². The van der Waals surface area contributed by atoms with Gasteiger partial charge < -0.3 is 9.53 Å². The lowest BCUT2D eigenvalue weighted by Crippen LogP contribution is -2.11. The summed E-state index contributed by atoms with van der Waals surface area (Å²) in [5.74, 6) is 1.25. The van der Waals surface area contributed by atoms with E-state index in [9.17, 15) is 4.79 Å². The number of carbonyl (C=O) groups is 1. The maximum absolute atomic E-state index is 11.4. The fourth-order valence-corrected chi connectivity index (χ4v) is 2.75. The summed E-state index contributed by atoms with van der Waals surface area (Å²) in [5.41, 5.74) is 1.82. The Bertz CT molecular complexity index is 593. The van der Waals surface area contributed by atoms with Gasteiger partial charge in [0.15, 0.2) is 0 Å². The molecule has 0 bridgehead atoms. The first-order valence-electron chi connectivity index (χ1n) is 5.31. The molecule has 1 heterocycles. The Balaban J connectivity index is 2.26. The van der Waals surface area contributed by atoms with Crippen molar-refractivity contribution in [3.63, 3.8) is 0 Å². The number of carbonyl (C=O) groups excluding carboxylic acids is 1. The highest BCUT2D eigenvalue weighted by Gasteiger charge is 2.28. The Morgan fingerprint density at radius 1 is 1.06 bits per heavy atom. The van der Waals surface area contributed by atoms with E-state index in [2.05, 4.69) is 15.9 Å². The zero-order valence-corrected chi connectivity index (χ0v) is 10.5. The van der Waals surface area contributed by atoms with Crippen molar-refractivity contribution in [2.75, 3.05) is 0 Å². The van der Waals surface area contributed by atoms with Crippen molar-refractivity contribution in [3.05, 3.63) is 58.1 Å². The van der Waals surface area contributed by atoms with Crippen LogP contribution in [0.5, 0.6) is 11.5 Å². The van der Waals surface area contributed by atoms with Crippen molar-refractivity contribution in [1.82, 2.24) is 0 Å². The van der Waals surface area contributed by atoms with Gasteiger partial charge in [-0.2, -0.15) is 0 Å². The molecule has 1 aliphatic rings. The third kappa shape index (κ3) is 1.58. The molecule has 17 heavy (non-hydrogen) atoms. The average Bonchev–Trinajstić information content (AvgIpc) is 2.36. The number of ether oxygens (including phenoxy) is 1. The lowest BCUT2D eigenvalue weighted by atomic mass is 9.89. The van der Waals surface area contributed by atoms with E-state index in [0.717, 1.165) is 33.4 Å². The monoisotopic (exact) mass is 288 g/mol. The van der Waals surface area contributed by atoms with Crippen LogP contribution in [0.3, 0.4) is 0 Å². The molecule has 84 valence electrons. The van der Waals surface area contributed by atoms with Crippen molar-refractivity contribution < 1.29 is 9.53 Å². The summed E-state index contributed by atoms with van der Waals surface area (Å²) < 4.78 is 6.71. The van der Waals surface area contributed by atoms with Crippen LogP contribution in [-0.4, -0.2) is 6.29 Å². The summed E-state index contributed by atoms with van der Waals surface area (Å²) in [6.45, 7) is 0. The van der Waals surface area contributed by atoms with Crippen LogP contribution in [0.4, 0.5) is 0 Å². The van der Waals surface area contributed by atoms with Gasteiger partial charge in [0.2, 0.25) is 0 Å². The highest BCUT2D eigenvalue weighted by molar-refractivity contribution is 9.10. The third-order valence-corrected chi connectivity index (χ3v) is 3.63. The first-order valence-corrected chi connectivity index (χ1v) is 6.11. The molecule has 3 rings (SSSR count). The molecule has 1 unspecified atom stereocenters. The molecule has 0 N–H and O–H groups in total. The molecular formula is C14H9BrO2. The topological polar surface area (TPSA) is 26.3 Å². The van der Waals surface area contributed by atoms with Gasteiger partial charge in [0.05, 0.1) is 5.92 Å². The Morgan fingerprint density at radius 3 is 2.65 bits per heavy atom. The Morgan fingerprint density at radius 2 is 1.82 bits per heavy atom. The predicted molar refractivity (Wildman–Crippen MR) is 68.6 cm³/mol. The Kier molecular flexibility index (Phi) is 2.48. The molecule has 0 amide bonds. The number of para-hydroxylation sites is 1. The number of hydrogen-bond donors (Lipinski definition) is 0. The van der Waals surface area contributed by atoms with Gasteiger partial charge in [-0.3, -0.25) is 0 Å². The number of hydrogen-bond acceptors (Lipinski definition) is 2. The summed E-state index contributed by atoms with van der Waals surface area (Å²) in [5, 5.41) is 0. The van der Waals surface area contributed by atoms with E-state index in [1.807, 2.05) is 42.5 Å². The molecule has 0 saturated heterocycles. The fraction of sp³-hybridized carbons (Fsp3) is 0.0714. The molecule has 0 radical (unpaired) electrons. The first kappa shape index (κ1) is 10.5. The standard InChI is InChI=1S/C14H9BrO2/c15-11-5-3-7-13-14(11)10(8-16)9-4-1-2-6-12(9)17-13/h1-8,10H. The Labute approximate surface area is 107 Å². The van der Waals surface area contributed by atoms with Crippen LogP contribution in [0, 0.1) is 0 Å². The third-order valence-electron chi connectivity index (χ3n) is 2.93. The van der Waals surface area contributed by atoms with E-state index in [4.69, 9.17) is 4.74 Å². The molecule has 3 heteroatoms. The van der Waals surface area contributed by atoms with Crippen LogP contribution < -0.4 is 4.74 Å². The first-order chi connectivity index (χ1) is 8.31. The second-order valence-electron chi connectivity index (χ2n) is 3.91. The number of fused-ring (bicyclic) bond motifs is 2. The SMILES string of the molecule is O=CC1c2ccccc2Oc2cccc(Br)c21. The van der Waals surface area contributed by atoms with Gasteiger partial charge in [-0.15, -0.1) is 0 Å². The maximum atomic E-state index is 11.4. The maximum Gasteiger partial charge on any atom is 0.132 e. The minimum absolute atomic E-state index is 0.259. The van der Waals surface area contributed by atoms with Crippen molar-refractivity contribution >= 4 is 22.2 Å². The zero-order valence-electron chi connectivity index (χ0n) is 8.89. The lowest BCUT2D eigenvalue weighted by Gasteiger charge is -2.25. The quantitative estimate of drug-likeness (QED) is 0.745. The average molecular weight is 289 g/mol. The smallest absolute Gasteiger partial charge is 0.132 e. The molecular weight excluding hydrogens is 280 g/mol. The predicted octanol–water partition coefficient (Wildman–Crippen LogP) is 3.89. The van der Waals surface area contributed by atoms with Crippen LogP contribution in [0.1, 0.15) is 17.0 Å². The number of rotatable bonds is 1. The van der Waals surface area contributed by atoms with Gasteiger partial charge in [0, 0.05) is 15.6 Å². The minimum atomic E-state index is -0.259. The molecule has 0 spiro atoms. The van der Waals surface area contributed by atoms with E-state index in [0.29, 0.717) is 0 Å². The van der Waals surface area contributed by atoms with Crippen molar-refractivity contribution in [2.24, 2.45) is 0 Å². The van der Waals surface area contributed by atoms with Crippen LogP contribution in [0.2, 0.25) is 0 Å². The minimum Gasteiger partial charge on any atom is -0.457 e. The van der Waals surface area contributed by atoms with E-state index in [1.54, 1.807) is 0 Å². The highest BCUT2D eigenvalue weighted by Crippen LogP contribution is 2.45. The van der Waals surface area contributed by atoms with Crippen molar-refractivity contribution in [2.45, 2.75) is 5.92 Å². The van der Waals surface area contributed by atoms with Crippen LogP contribution in [0.15, 0.2) is 46.9 Å². The summed E-state index contributed by atoms with van der Waals surface area (Å²) in [4.78, 5) is 11.4. The highest BCUT2D eigenvalue weighted by atomic mass is 79.9. The van der Waals surface area contributed by atoms with E-state index >= 15 is 0 Å². The fourth-order valence-electron chi connectivity index (χ4n) is 2.15. The van der Waals surface area contributed by atoms with Crippen molar-refractivity contribution in [3.8, 4) is 11.5 Å². The van der Waals surface area contributed by atoms with Gasteiger partial charge in [-0.25, -0.2) is 0 Å². The molecule has 0 aliphatic carbocycles. The molecule has 0 saturated carbocycles. The molecule has 1 aliphatic heterocycles. The van der Waals surface area contributed by atoms with Gasteiger partial charge in [0.1, 0.15) is 17.8 Å². The normalized spacial score (nSPS) is 16.6. The molecule has 2 aromatic rings. The summed E-state index contributed by atoms with van der Waals surface area (Å²) in [7, 11) is 0. The molecule has 0 fully saturated rings. The zero-order chi connectivity index (χ0) is 11.8. The largest absolute Gasteiger partial charge is 0.457 e. The molecule has 2 nitrogen and oxygen atoms in total. The lowest BCUT2D eigenvalue weighted by molar-refractivity contribution is -0.108. The summed E-state index contributed by atoms with van der Waals surface area (Å²) in [6.07, 6.45) is 0.963. The second kappa shape index (κ2) is 4.00. The van der Waals surface area contributed by atoms with Gasteiger partial charge in [-0.05, 0) is 18.2 Å². The van der Waals surface area contributed by atoms with Crippen molar-refractivity contribution in [1.29, 1.82) is 0 Å². The van der Waals surface area contributed by atoms with Crippen LogP contribution in [-0.2, 0) is 4.79 Å². The van der Waals surface area contributed by atoms with Crippen LogP contribution in [0.25, 0.3) is 0 Å². The van der Waals surface area contributed by atoms with Crippen LogP contribution >= 0.6 is 15.9 Å². The van der Waals surface area contributed by atoms with E-state index in [1.165, 1.54) is 0 Å². The molecule has 2 aromatic carbocycles. The van der Waals surface area contributed by atoms with E-state index in [-0.39, 0.29) is 5.92 Å². The Hall–Kier alpha value is -1.61. The summed E-state index contributed by atoms with van der Waals surface area (Å²) in [6, 6.07) is 13.3. The summed E-state index contributed by atoms with van der Waals surface area (Å²) >= 11 is 3.48. The number of aldehydes is 1. The molecule has 0 aromatic heterocycles. The molecule has 1 atom stereocenters. The number of benzene rings is 2. The second-order valence-corrected chi connectivity index (χ2v) is 4.76. The van der Waals surface area contributed by atoms with Gasteiger partial charge in [-0.1, -0.05) is 40.2 Å². The van der Waals surface area contributed by atoms with Gasteiger partial charge in [0.25, 0.3) is 0 Å². The van der Waals surface area contributed by atoms with Gasteiger partial charge >= 0.3 is 0 Å².